The Morgan fingerprint density at radius 2 is 1.90 bits per heavy atom. The van der Waals surface area contributed by atoms with Gasteiger partial charge >= 0.3 is 5.97 Å². The van der Waals surface area contributed by atoms with E-state index in [2.05, 4.69) is 15.9 Å². The fourth-order valence-electron chi connectivity index (χ4n) is 1.63. The van der Waals surface area contributed by atoms with Gasteiger partial charge in [-0.15, -0.1) is 0 Å². The van der Waals surface area contributed by atoms with Gasteiger partial charge in [-0.3, -0.25) is 10.1 Å². The topological polar surface area (TPSA) is 69.4 Å². The predicted octanol–water partition coefficient (Wildman–Crippen LogP) is 4.37. The molecule has 0 aliphatic rings. The zero-order valence-electron chi connectivity index (χ0n) is 10.6. The van der Waals surface area contributed by atoms with Crippen molar-refractivity contribution >= 4 is 39.2 Å². The van der Waals surface area contributed by atoms with Crippen LogP contribution in [0.15, 0.2) is 46.9 Å². The summed E-state index contributed by atoms with van der Waals surface area (Å²) in [5, 5.41) is 11.4. The predicted molar refractivity (Wildman–Crippen MR) is 81.4 cm³/mol. The standard InChI is InChI=1S/C14H9BrClNO4/c15-13-11(2-1-3-12(13)17(19)20)14(18)21-8-9-4-6-10(16)7-5-9/h1-7H,8H2. The van der Waals surface area contributed by atoms with Crippen molar-refractivity contribution in [2.75, 3.05) is 0 Å². The van der Waals surface area contributed by atoms with Crippen LogP contribution in [0.4, 0.5) is 5.69 Å². The molecule has 0 aromatic heterocycles. The fraction of sp³-hybridized carbons (Fsp3) is 0.0714. The first-order valence-electron chi connectivity index (χ1n) is 5.83. The third kappa shape index (κ3) is 3.80. The number of carbonyl (C=O) groups is 1. The lowest BCUT2D eigenvalue weighted by molar-refractivity contribution is -0.385. The van der Waals surface area contributed by atoms with Crippen LogP contribution in [0, 0.1) is 10.1 Å². The molecular weight excluding hydrogens is 362 g/mol. The quantitative estimate of drug-likeness (QED) is 0.455. The summed E-state index contributed by atoms with van der Waals surface area (Å²) in [7, 11) is 0. The van der Waals surface area contributed by atoms with Crippen molar-refractivity contribution in [3.05, 3.63) is 73.2 Å². The molecule has 5 nitrogen and oxygen atoms in total. The van der Waals surface area contributed by atoms with Gasteiger partial charge in [0.25, 0.3) is 5.69 Å². The van der Waals surface area contributed by atoms with E-state index in [9.17, 15) is 14.9 Å². The Bertz CT molecular complexity index is 688. The second-order valence-electron chi connectivity index (χ2n) is 4.10. The van der Waals surface area contributed by atoms with E-state index in [0.29, 0.717) is 5.02 Å². The van der Waals surface area contributed by atoms with Crippen LogP contribution in [0.25, 0.3) is 0 Å². The minimum Gasteiger partial charge on any atom is -0.457 e. The average Bonchev–Trinajstić information content (AvgIpc) is 2.46. The Labute approximate surface area is 133 Å². The van der Waals surface area contributed by atoms with Gasteiger partial charge in [-0.25, -0.2) is 4.79 Å². The third-order valence-corrected chi connectivity index (χ3v) is 3.76. The van der Waals surface area contributed by atoms with Crippen molar-refractivity contribution in [1.29, 1.82) is 0 Å². The average molecular weight is 371 g/mol. The van der Waals surface area contributed by atoms with Crippen LogP contribution in [0.5, 0.6) is 0 Å². The molecule has 0 aliphatic carbocycles. The highest BCUT2D eigenvalue weighted by Gasteiger charge is 2.20. The summed E-state index contributed by atoms with van der Waals surface area (Å²) in [4.78, 5) is 22.2. The van der Waals surface area contributed by atoms with Gasteiger partial charge in [-0.05, 0) is 39.7 Å². The van der Waals surface area contributed by atoms with Crippen molar-refractivity contribution in [3.63, 3.8) is 0 Å². The van der Waals surface area contributed by atoms with Crippen LogP contribution in [0.2, 0.25) is 5.02 Å². The van der Waals surface area contributed by atoms with Crippen LogP contribution >= 0.6 is 27.5 Å². The molecule has 0 heterocycles. The Hall–Kier alpha value is -1.92. The summed E-state index contributed by atoms with van der Waals surface area (Å²) in [5.41, 5.74) is 0.698. The Morgan fingerprint density at radius 1 is 1.24 bits per heavy atom. The molecule has 0 spiro atoms. The number of hydrogen-bond donors (Lipinski definition) is 0. The first kappa shape index (κ1) is 15.5. The van der Waals surface area contributed by atoms with Crippen molar-refractivity contribution in [2.45, 2.75) is 6.61 Å². The maximum atomic E-state index is 12.0. The second-order valence-corrected chi connectivity index (χ2v) is 5.33. The number of carbonyl (C=O) groups excluding carboxylic acids is 1. The van der Waals surface area contributed by atoms with E-state index in [1.807, 2.05) is 0 Å². The molecule has 21 heavy (non-hydrogen) atoms. The van der Waals surface area contributed by atoms with Crippen LogP contribution in [-0.4, -0.2) is 10.9 Å². The molecule has 0 radical (unpaired) electrons. The third-order valence-electron chi connectivity index (χ3n) is 2.68. The summed E-state index contributed by atoms with van der Waals surface area (Å²) < 4.78 is 5.24. The maximum Gasteiger partial charge on any atom is 0.339 e. The first-order valence-corrected chi connectivity index (χ1v) is 7.00. The number of nitro benzene ring substituents is 1. The summed E-state index contributed by atoms with van der Waals surface area (Å²) in [5.74, 6) is -0.638. The molecular formula is C14H9BrClNO4. The summed E-state index contributed by atoms with van der Waals surface area (Å²) >= 11 is 8.82. The highest BCUT2D eigenvalue weighted by Crippen LogP contribution is 2.28. The fourth-order valence-corrected chi connectivity index (χ4v) is 2.32. The molecule has 108 valence electrons. The van der Waals surface area contributed by atoms with E-state index in [0.717, 1.165) is 5.56 Å². The molecule has 0 N–H and O–H groups in total. The highest BCUT2D eigenvalue weighted by molar-refractivity contribution is 9.10. The van der Waals surface area contributed by atoms with E-state index in [4.69, 9.17) is 16.3 Å². The van der Waals surface area contributed by atoms with Gasteiger partial charge in [-0.1, -0.05) is 29.8 Å². The molecule has 0 saturated carbocycles. The maximum absolute atomic E-state index is 12.0. The Balaban J connectivity index is 2.12. The lowest BCUT2D eigenvalue weighted by Gasteiger charge is -2.07. The number of halogens is 2. The van der Waals surface area contributed by atoms with Crippen LogP contribution < -0.4 is 0 Å². The normalized spacial score (nSPS) is 10.2. The van der Waals surface area contributed by atoms with Gasteiger partial charge in [0, 0.05) is 11.1 Å². The summed E-state index contributed by atoms with van der Waals surface area (Å²) in [6, 6.07) is 11.0. The molecule has 0 amide bonds. The minimum atomic E-state index is -0.638. The van der Waals surface area contributed by atoms with E-state index in [1.165, 1.54) is 18.2 Å². The van der Waals surface area contributed by atoms with Crippen molar-refractivity contribution in [3.8, 4) is 0 Å². The number of ether oxygens (including phenoxy) is 1. The van der Waals surface area contributed by atoms with Crippen LogP contribution in [0.1, 0.15) is 15.9 Å². The molecule has 0 fully saturated rings. The van der Waals surface area contributed by atoms with Crippen LogP contribution in [0.3, 0.4) is 0 Å². The molecule has 0 saturated heterocycles. The molecule has 0 bridgehead atoms. The summed E-state index contributed by atoms with van der Waals surface area (Å²) in [6.07, 6.45) is 0. The summed E-state index contributed by atoms with van der Waals surface area (Å²) in [6.45, 7) is 0.0606. The molecule has 0 unspecified atom stereocenters. The number of hydrogen-bond acceptors (Lipinski definition) is 4. The van der Waals surface area contributed by atoms with E-state index < -0.39 is 10.9 Å². The number of esters is 1. The van der Waals surface area contributed by atoms with Gasteiger partial charge in [0.2, 0.25) is 0 Å². The second kappa shape index (κ2) is 6.69. The molecule has 0 aliphatic heterocycles. The molecule has 2 aromatic rings. The SMILES string of the molecule is O=C(OCc1ccc(Cl)cc1)c1cccc([N+](=O)[O-])c1Br. The van der Waals surface area contributed by atoms with Gasteiger partial charge < -0.3 is 4.74 Å². The Morgan fingerprint density at radius 3 is 2.52 bits per heavy atom. The smallest absolute Gasteiger partial charge is 0.339 e. The number of nitrogens with zero attached hydrogens (tertiary/aromatic N) is 1. The lowest BCUT2D eigenvalue weighted by atomic mass is 10.2. The molecule has 2 aromatic carbocycles. The number of benzene rings is 2. The first-order chi connectivity index (χ1) is 9.99. The zero-order valence-corrected chi connectivity index (χ0v) is 12.9. The molecule has 2 rings (SSSR count). The highest BCUT2D eigenvalue weighted by atomic mass is 79.9. The number of rotatable bonds is 4. The van der Waals surface area contributed by atoms with E-state index >= 15 is 0 Å². The zero-order chi connectivity index (χ0) is 15.4. The van der Waals surface area contributed by atoms with Crippen molar-refractivity contribution in [1.82, 2.24) is 0 Å². The van der Waals surface area contributed by atoms with Gasteiger partial charge in [0.1, 0.15) is 11.1 Å². The molecule has 0 atom stereocenters. The van der Waals surface area contributed by atoms with Crippen molar-refractivity contribution < 1.29 is 14.5 Å². The van der Waals surface area contributed by atoms with Gasteiger partial charge in [0.15, 0.2) is 0 Å². The van der Waals surface area contributed by atoms with Gasteiger partial charge in [0.05, 0.1) is 10.5 Å². The minimum absolute atomic E-state index is 0.0606. The lowest BCUT2D eigenvalue weighted by Crippen LogP contribution is -2.07. The van der Waals surface area contributed by atoms with Gasteiger partial charge in [-0.2, -0.15) is 0 Å². The van der Waals surface area contributed by atoms with E-state index in [-0.39, 0.29) is 22.3 Å². The van der Waals surface area contributed by atoms with E-state index in [1.54, 1.807) is 24.3 Å². The van der Waals surface area contributed by atoms with Crippen LogP contribution in [-0.2, 0) is 11.3 Å². The Kier molecular flexibility index (Phi) is 4.93. The number of nitro groups is 1. The largest absolute Gasteiger partial charge is 0.457 e. The monoisotopic (exact) mass is 369 g/mol. The molecule has 7 heteroatoms. The van der Waals surface area contributed by atoms with Crippen molar-refractivity contribution in [2.24, 2.45) is 0 Å².